The van der Waals surface area contributed by atoms with E-state index < -0.39 is 23.0 Å². The van der Waals surface area contributed by atoms with Gasteiger partial charge >= 0.3 is 5.97 Å². The molecule has 284 valence electrons. The van der Waals surface area contributed by atoms with Crippen LogP contribution in [0.1, 0.15) is 76.3 Å². The van der Waals surface area contributed by atoms with Crippen LogP contribution in [0.2, 0.25) is 0 Å². The number of esters is 1. The summed E-state index contributed by atoms with van der Waals surface area (Å²) in [4.78, 5) is 55.6. The number of ether oxygens (including phenoxy) is 4. The summed E-state index contributed by atoms with van der Waals surface area (Å²) in [5.74, 6) is -0.586. The number of methoxy groups -OCH3 is 3. The molecule has 0 aliphatic heterocycles. The topological polar surface area (TPSA) is 141 Å². The lowest BCUT2D eigenvalue weighted by Gasteiger charge is -2.15. The van der Waals surface area contributed by atoms with Crippen molar-refractivity contribution in [3.8, 4) is 17.2 Å². The van der Waals surface area contributed by atoms with Crippen molar-refractivity contribution in [3.63, 3.8) is 0 Å². The number of carbonyl (C=O) groups excluding carboxylic acids is 4. The van der Waals surface area contributed by atoms with Crippen LogP contribution in [0.5, 0.6) is 17.2 Å². The first kappa shape index (κ1) is 39.9. The van der Waals surface area contributed by atoms with E-state index in [4.69, 9.17) is 18.9 Å². The molecule has 0 spiro atoms. The number of carbonyl (C=O) groups is 4. The Labute approximate surface area is 323 Å². The molecule has 1 atom stereocenters. The molecule has 1 aliphatic rings. The van der Waals surface area contributed by atoms with Gasteiger partial charge in [-0.1, -0.05) is 37.1 Å². The summed E-state index contributed by atoms with van der Waals surface area (Å²) in [7, 11) is 4.47. The summed E-state index contributed by atoms with van der Waals surface area (Å²) < 4.78 is 21.8. The molecule has 1 heterocycles. The zero-order valence-electron chi connectivity index (χ0n) is 31.0. The molecule has 13 heteroatoms. The Morgan fingerprint density at radius 2 is 1.56 bits per heavy atom. The van der Waals surface area contributed by atoms with Crippen molar-refractivity contribution < 1.29 is 38.1 Å². The number of thioether (sulfide) groups is 1. The minimum absolute atomic E-state index is 0.0358. The van der Waals surface area contributed by atoms with Gasteiger partial charge in [0, 0.05) is 21.0 Å². The van der Waals surface area contributed by atoms with Gasteiger partial charge < -0.3 is 34.9 Å². The largest absolute Gasteiger partial charge is 0.493 e. The normalized spacial score (nSPS) is 13.3. The Morgan fingerprint density at radius 3 is 2.22 bits per heavy atom. The fourth-order valence-corrected chi connectivity index (χ4v) is 8.24. The van der Waals surface area contributed by atoms with E-state index in [-0.39, 0.29) is 18.2 Å². The van der Waals surface area contributed by atoms with Crippen LogP contribution in [0.15, 0.2) is 77.3 Å². The number of nitrogens with one attached hydrogen (secondary N) is 3. The van der Waals surface area contributed by atoms with E-state index in [1.54, 1.807) is 74.5 Å². The molecule has 0 saturated heterocycles. The molecule has 1 unspecified atom stereocenters. The molecular weight excluding hydrogens is 727 g/mol. The molecule has 3 N–H and O–H groups in total. The van der Waals surface area contributed by atoms with Crippen molar-refractivity contribution in [1.29, 1.82) is 0 Å². The fraction of sp³-hybridized carbons (Fsp3) is 0.317. The highest BCUT2D eigenvalue weighted by Crippen LogP contribution is 2.40. The van der Waals surface area contributed by atoms with E-state index in [9.17, 15) is 19.2 Å². The van der Waals surface area contributed by atoms with Crippen LogP contribution < -0.4 is 30.2 Å². The number of hydrogen-bond donors (Lipinski definition) is 3. The molecule has 0 fully saturated rings. The van der Waals surface area contributed by atoms with Crippen LogP contribution in [0, 0.1) is 0 Å². The molecule has 3 aromatic carbocycles. The van der Waals surface area contributed by atoms with Crippen molar-refractivity contribution in [2.24, 2.45) is 0 Å². The number of amides is 3. The second-order valence-corrected chi connectivity index (χ2v) is 14.9. The van der Waals surface area contributed by atoms with Gasteiger partial charge in [-0.25, -0.2) is 4.79 Å². The average molecular weight is 772 g/mol. The molecule has 11 nitrogen and oxygen atoms in total. The predicted octanol–water partition coefficient (Wildman–Crippen LogP) is 8.14. The van der Waals surface area contributed by atoms with Gasteiger partial charge in [-0.05, 0) is 99.2 Å². The number of fused-ring (bicyclic) bond motifs is 1. The van der Waals surface area contributed by atoms with Crippen molar-refractivity contribution in [1.82, 2.24) is 5.32 Å². The van der Waals surface area contributed by atoms with E-state index in [0.29, 0.717) is 44.6 Å². The first-order valence-electron chi connectivity index (χ1n) is 17.7. The van der Waals surface area contributed by atoms with E-state index in [0.717, 1.165) is 53.9 Å². The highest BCUT2D eigenvalue weighted by atomic mass is 32.2. The summed E-state index contributed by atoms with van der Waals surface area (Å²) >= 11 is 2.78. The number of hydrogen-bond acceptors (Lipinski definition) is 10. The third-order valence-corrected chi connectivity index (χ3v) is 11.0. The standard InChI is InChI=1S/C41H45N3O8S2/c1-6-52-41(48)35-30-19-12-7-8-13-20-34(30)54-40(35)44-37(45)25(2)53-29-18-14-17-28(24-29)42-39(47)31(43-38(46)27-15-10-9-11-16-27)21-26-22-32(49-3)36(51-5)33(23-26)50-4/h9-11,14-18,21-25H,6-8,12-13,19-20H2,1-5H3,(H,42,47)(H,43,46)(H,44,45)/b31-21+. The first-order chi connectivity index (χ1) is 26.1. The van der Waals surface area contributed by atoms with E-state index >= 15 is 0 Å². The van der Waals surface area contributed by atoms with Gasteiger partial charge in [0.1, 0.15) is 10.7 Å². The minimum atomic E-state index is -0.583. The highest BCUT2D eigenvalue weighted by Gasteiger charge is 2.28. The summed E-state index contributed by atoms with van der Waals surface area (Å²) in [6.07, 6.45) is 7.47. The lowest BCUT2D eigenvalue weighted by atomic mass is 9.96. The van der Waals surface area contributed by atoms with E-state index in [1.807, 2.05) is 6.07 Å². The lowest BCUT2D eigenvalue weighted by Crippen LogP contribution is -2.30. The molecule has 54 heavy (non-hydrogen) atoms. The molecule has 4 aromatic rings. The maximum Gasteiger partial charge on any atom is 0.341 e. The summed E-state index contributed by atoms with van der Waals surface area (Å²) in [6.45, 7) is 3.81. The molecule has 0 saturated carbocycles. The predicted molar refractivity (Wildman–Crippen MR) is 213 cm³/mol. The second kappa shape index (κ2) is 19.2. The third-order valence-electron chi connectivity index (χ3n) is 8.69. The van der Waals surface area contributed by atoms with Crippen molar-refractivity contribution >= 4 is 63.6 Å². The van der Waals surface area contributed by atoms with Gasteiger partial charge in [-0.3, -0.25) is 14.4 Å². The highest BCUT2D eigenvalue weighted by molar-refractivity contribution is 8.00. The van der Waals surface area contributed by atoms with Crippen molar-refractivity contribution in [2.75, 3.05) is 38.6 Å². The average Bonchev–Trinajstić information content (AvgIpc) is 3.49. The van der Waals surface area contributed by atoms with Crippen LogP contribution in [-0.4, -0.2) is 56.9 Å². The van der Waals surface area contributed by atoms with Crippen LogP contribution in [0.3, 0.4) is 0 Å². The SMILES string of the molecule is CCOC(=O)c1c(NC(=O)C(C)Sc2cccc(NC(=O)/C(=C\c3cc(OC)c(OC)c(OC)c3)NC(=O)c3ccccc3)c2)sc2c1CCCCCC2. The van der Waals surface area contributed by atoms with Crippen LogP contribution >= 0.6 is 23.1 Å². The van der Waals surface area contributed by atoms with Crippen LogP contribution in [0.25, 0.3) is 6.08 Å². The Morgan fingerprint density at radius 1 is 0.852 bits per heavy atom. The van der Waals surface area contributed by atoms with Gasteiger partial charge in [0.05, 0.1) is 38.7 Å². The zero-order chi connectivity index (χ0) is 38.6. The van der Waals surface area contributed by atoms with Crippen molar-refractivity contribution in [2.45, 2.75) is 62.5 Å². The quantitative estimate of drug-likeness (QED) is 0.0658. The first-order valence-corrected chi connectivity index (χ1v) is 19.4. The molecular formula is C41H45N3O8S2. The fourth-order valence-electron chi connectivity index (χ4n) is 6.04. The number of aryl methyl sites for hydroxylation is 1. The van der Waals surface area contributed by atoms with Crippen molar-refractivity contribution in [3.05, 3.63) is 99.6 Å². The molecule has 1 aromatic heterocycles. The molecule has 5 rings (SSSR count). The van der Waals surface area contributed by atoms with Crippen LogP contribution in [-0.2, 0) is 27.2 Å². The monoisotopic (exact) mass is 771 g/mol. The molecule has 0 radical (unpaired) electrons. The lowest BCUT2D eigenvalue weighted by molar-refractivity contribution is -0.115. The summed E-state index contributed by atoms with van der Waals surface area (Å²) in [5, 5.41) is 8.63. The minimum Gasteiger partial charge on any atom is -0.493 e. The Bertz CT molecular complexity index is 1990. The third kappa shape index (κ3) is 10.0. The van der Waals surface area contributed by atoms with Gasteiger partial charge in [0.2, 0.25) is 11.7 Å². The summed E-state index contributed by atoms with van der Waals surface area (Å²) in [5.41, 5.74) is 2.77. The van der Waals surface area contributed by atoms with Gasteiger partial charge in [-0.15, -0.1) is 23.1 Å². The Kier molecular flexibility index (Phi) is 14.2. The smallest absolute Gasteiger partial charge is 0.341 e. The second-order valence-electron chi connectivity index (χ2n) is 12.4. The summed E-state index contributed by atoms with van der Waals surface area (Å²) in [6, 6.07) is 19.0. The number of thiophene rings is 1. The Balaban J connectivity index is 1.35. The van der Waals surface area contributed by atoms with E-state index in [1.165, 1.54) is 50.5 Å². The Hall–Kier alpha value is -5.27. The van der Waals surface area contributed by atoms with Crippen LogP contribution in [0.4, 0.5) is 10.7 Å². The van der Waals surface area contributed by atoms with Gasteiger partial charge in [-0.2, -0.15) is 0 Å². The number of anilines is 2. The molecule has 0 bridgehead atoms. The molecule has 3 amide bonds. The zero-order valence-corrected chi connectivity index (χ0v) is 32.7. The van der Waals surface area contributed by atoms with Gasteiger partial charge in [0.15, 0.2) is 11.5 Å². The number of rotatable bonds is 14. The van der Waals surface area contributed by atoms with Gasteiger partial charge in [0.25, 0.3) is 11.8 Å². The van der Waals surface area contributed by atoms with E-state index in [2.05, 4.69) is 16.0 Å². The maximum atomic E-state index is 13.8. The number of benzene rings is 3. The molecule has 1 aliphatic carbocycles. The maximum absolute atomic E-state index is 13.8.